The Bertz CT molecular complexity index is 1460. The summed E-state index contributed by atoms with van der Waals surface area (Å²) in [5.41, 5.74) is 5.18. The number of benzene rings is 3. The molecule has 1 aromatic heterocycles. The van der Waals surface area contributed by atoms with E-state index >= 15 is 0 Å². The molecule has 1 heterocycles. The third kappa shape index (κ3) is 4.93. The van der Waals surface area contributed by atoms with Crippen LogP contribution >= 0.6 is 11.8 Å². The molecular weight excluding hydrogens is 498 g/mol. The molecule has 0 aliphatic carbocycles. The SMILES string of the molecule is N#Cc1cccc(-n2nc(C(F)(F)F)cc2C(=O)N(Cl)c2cc(C(N)c3ccccc3)ccc2F)c1. The van der Waals surface area contributed by atoms with Crippen LogP contribution in [0.1, 0.15) is 38.9 Å². The van der Waals surface area contributed by atoms with E-state index in [-0.39, 0.29) is 11.3 Å². The maximum atomic E-state index is 14.7. The Morgan fingerprint density at radius 1 is 1.03 bits per heavy atom. The van der Waals surface area contributed by atoms with Crippen LogP contribution in [0.25, 0.3) is 5.69 Å². The van der Waals surface area contributed by atoms with Crippen molar-refractivity contribution in [3.63, 3.8) is 0 Å². The van der Waals surface area contributed by atoms with Crippen molar-refractivity contribution in [1.29, 1.82) is 5.26 Å². The predicted molar refractivity (Wildman–Crippen MR) is 125 cm³/mol. The lowest BCUT2D eigenvalue weighted by molar-refractivity contribution is -0.141. The molecule has 6 nitrogen and oxygen atoms in total. The molecule has 0 saturated heterocycles. The van der Waals surface area contributed by atoms with Crippen LogP contribution in [0.15, 0.2) is 78.9 Å². The molecule has 0 aliphatic heterocycles. The van der Waals surface area contributed by atoms with Crippen LogP contribution in [0.3, 0.4) is 0 Å². The number of halogens is 5. The first kappa shape index (κ1) is 24.9. The number of carbonyl (C=O) groups excluding carboxylic acids is 1. The lowest BCUT2D eigenvalue weighted by Crippen LogP contribution is -2.25. The van der Waals surface area contributed by atoms with Crippen LogP contribution in [0, 0.1) is 17.1 Å². The van der Waals surface area contributed by atoms with E-state index in [2.05, 4.69) is 5.10 Å². The first-order chi connectivity index (χ1) is 17.1. The highest BCUT2D eigenvalue weighted by Gasteiger charge is 2.37. The van der Waals surface area contributed by atoms with Crippen LogP contribution in [0.4, 0.5) is 23.2 Å². The van der Waals surface area contributed by atoms with E-state index in [9.17, 15) is 22.4 Å². The second-order valence-corrected chi connectivity index (χ2v) is 8.01. The van der Waals surface area contributed by atoms with Gasteiger partial charge in [-0.3, -0.25) is 4.79 Å². The van der Waals surface area contributed by atoms with E-state index in [1.165, 1.54) is 36.4 Å². The molecule has 0 saturated carbocycles. The Morgan fingerprint density at radius 2 is 1.75 bits per heavy atom. The highest BCUT2D eigenvalue weighted by molar-refractivity contribution is 6.39. The minimum absolute atomic E-state index is 0.0123. The molecule has 2 N–H and O–H groups in total. The average molecular weight is 514 g/mol. The maximum Gasteiger partial charge on any atom is 0.435 e. The second kappa shape index (κ2) is 9.81. The van der Waals surface area contributed by atoms with E-state index in [0.29, 0.717) is 26.3 Å². The molecule has 4 rings (SSSR count). The number of hydrogen-bond acceptors (Lipinski definition) is 4. The third-order valence-electron chi connectivity index (χ3n) is 5.32. The average Bonchev–Trinajstić information content (AvgIpc) is 3.34. The van der Waals surface area contributed by atoms with Gasteiger partial charge in [-0.05, 0) is 41.5 Å². The number of nitrogens with two attached hydrogens (primary N) is 1. The van der Waals surface area contributed by atoms with E-state index < -0.39 is 41.0 Å². The Balaban J connectivity index is 1.76. The smallest absolute Gasteiger partial charge is 0.320 e. The zero-order valence-electron chi connectivity index (χ0n) is 18.2. The molecule has 11 heteroatoms. The highest BCUT2D eigenvalue weighted by atomic mass is 35.5. The molecule has 3 aromatic carbocycles. The third-order valence-corrected chi connectivity index (χ3v) is 5.65. The zero-order valence-corrected chi connectivity index (χ0v) is 19.0. The first-order valence-electron chi connectivity index (χ1n) is 10.4. The van der Waals surface area contributed by atoms with Crippen LogP contribution < -0.4 is 10.2 Å². The summed E-state index contributed by atoms with van der Waals surface area (Å²) in [5.74, 6) is -2.07. The van der Waals surface area contributed by atoms with Crippen molar-refractivity contribution in [2.45, 2.75) is 12.2 Å². The van der Waals surface area contributed by atoms with E-state index in [1.807, 2.05) is 6.07 Å². The van der Waals surface area contributed by atoms with Crippen LogP contribution in [-0.2, 0) is 6.18 Å². The number of hydrogen-bond donors (Lipinski definition) is 1. The van der Waals surface area contributed by atoms with Gasteiger partial charge in [0.25, 0.3) is 5.91 Å². The molecule has 0 fully saturated rings. The number of amides is 1. The highest BCUT2D eigenvalue weighted by Crippen LogP contribution is 2.32. The van der Waals surface area contributed by atoms with Gasteiger partial charge in [0.05, 0.1) is 29.0 Å². The molecule has 1 amide bonds. The number of aromatic nitrogens is 2. The summed E-state index contributed by atoms with van der Waals surface area (Å²) < 4.78 is 56.1. The van der Waals surface area contributed by atoms with Gasteiger partial charge in [-0.2, -0.15) is 23.5 Å². The van der Waals surface area contributed by atoms with Gasteiger partial charge in [-0.25, -0.2) is 13.5 Å². The molecule has 36 heavy (non-hydrogen) atoms. The maximum absolute atomic E-state index is 14.7. The molecule has 4 aromatic rings. The van der Waals surface area contributed by atoms with Crippen molar-refractivity contribution in [3.8, 4) is 11.8 Å². The summed E-state index contributed by atoms with van der Waals surface area (Å²) in [6, 6.07) is 19.8. The lowest BCUT2D eigenvalue weighted by Gasteiger charge is -2.19. The Labute approximate surface area is 207 Å². The quantitative estimate of drug-likeness (QED) is 0.272. The monoisotopic (exact) mass is 513 g/mol. The van der Waals surface area contributed by atoms with Crippen LogP contribution in [0.5, 0.6) is 0 Å². The van der Waals surface area contributed by atoms with Crippen LogP contribution in [-0.4, -0.2) is 15.7 Å². The fourth-order valence-corrected chi connectivity index (χ4v) is 3.73. The Morgan fingerprint density at radius 3 is 2.42 bits per heavy atom. The van der Waals surface area contributed by atoms with Gasteiger partial charge in [0, 0.05) is 17.8 Å². The van der Waals surface area contributed by atoms with Gasteiger partial charge >= 0.3 is 6.18 Å². The minimum atomic E-state index is -4.88. The topological polar surface area (TPSA) is 87.9 Å². The number of nitrogens with zero attached hydrogens (tertiary/aromatic N) is 4. The molecular formula is C25H16ClF4N5O. The van der Waals surface area contributed by atoms with Gasteiger partial charge in [0.1, 0.15) is 11.5 Å². The summed E-state index contributed by atoms with van der Waals surface area (Å²) in [4.78, 5) is 13.2. The van der Waals surface area contributed by atoms with Gasteiger partial charge < -0.3 is 5.73 Å². The van der Waals surface area contributed by atoms with Gasteiger partial charge in [-0.1, -0.05) is 42.5 Å². The molecule has 0 spiro atoms. The Kier molecular flexibility index (Phi) is 6.79. The summed E-state index contributed by atoms with van der Waals surface area (Å²) >= 11 is 6.19. The van der Waals surface area contributed by atoms with Crippen molar-refractivity contribution < 1.29 is 22.4 Å². The number of anilines is 1. The summed E-state index contributed by atoms with van der Waals surface area (Å²) in [6.07, 6.45) is -4.88. The van der Waals surface area contributed by atoms with Gasteiger partial charge in [-0.15, -0.1) is 0 Å². The fraction of sp³-hybridized carbons (Fsp3) is 0.0800. The predicted octanol–water partition coefficient (Wildman–Crippen LogP) is 5.75. The number of alkyl halides is 3. The van der Waals surface area contributed by atoms with Crippen molar-refractivity contribution in [2.24, 2.45) is 5.73 Å². The molecule has 1 atom stereocenters. The van der Waals surface area contributed by atoms with E-state index in [0.717, 1.165) is 6.07 Å². The number of nitriles is 1. The minimum Gasteiger partial charge on any atom is -0.320 e. The lowest BCUT2D eigenvalue weighted by atomic mass is 9.99. The van der Waals surface area contributed by atoms with Crippen molar-refractivity contribution in [3.05, 3.63) is 113 Å². The normalized spacial score (nSPS) is 12.1. The zero-order chi connectivity index (χ0) is 26.0. The van der Waals surface area contributed by atoms with Crippen molar-refractivity contribution in [1.82, 2.24) is 9.78 Å². The van der Waals surface area contributed by atoms with E-state index in [1.54, 1.807) is 30.3 Å². The summed E-state index contributed by atoms with van der Waals surface area (Å²) in [5, 5.41) is 12.6. The van der Waals surface area contributed by atoms with Crippen molar-refractivity contribution >= 4 is 23.4 Å². The van der Waals surface area contributed by atoms with Gasteiger partial charge in [0.2, 0.25) is 0 Å². The first-order valence-corrected chi connectivity index (χ1v) is 10.7. The largest absolute Gasteiger partial charge is 0.435 e. The molecule has 182 valence electrons. The molecule has 0 aliphatic rings. The summed E-state index contributed by atoms with van der Waals surface area (Å²) in [6.45, 7) is 0. The Hall–Kier alpha value is -4.20. The van der Waals surface area contributed by atoms with Gasteiger partial charge in [0.15, 0.2) is 5.69 Å². The number of carbonyl (C=O) groups is 1. The second-order valence-electron chi connectivity index (χ2n) is 7.67. The fourth-order valence-electron chi connectivity index (χ4n) is 3.51. The van der Waals surface area contributed by atoms with Crippen molar-refractivity contribution in [2.75, 3.05) is 4.42 Å². The summed E-state index contributed by atoms with van der Waals surface area (Å²) in [7, 11) is 0. The molecule has 1 unspecified atom stereocenters. The standard InChI is InChI=1S/C25H16ClF4N5O/c26-34(20-12-17(9-10-19(20)27)23(32)16-6-2-1-3-7-16)24(36)21-13-22(25(28,29)30)33-35(21)18-8-4-5-15(11-18)14-31/h1-13,23H,32H2. The van der Waals surface area contributed by atoms with Crippen LogP contribution in [0.2, 0.25) is 0 Å². The number of rotatable bonds is 5. The molecule has 0 radical (unpaired) electrons. The van der Waals surface area contributed by atoms with E-state index in [4.69, 9.17) is 22.8 Å². The molecule has 0 bridgehead atoms.